The summed E-state index contributed by atoms with van der Waals surface area (Å²) >= 11 is 0. The molecule has 1 fully saturated rings. The summed E-state index contributed by atoms with van der Waals surface area (Å²) < 4.78 is 15.5. The minimum Gasteiger partial charge on any atom is -0.386 e. The van der Waals surface area contributed by atoms with E-state index in [0.717, 1.165) is 0 Å². The summed E-state index contributed by atoms with van der Waals surface area (Å²) in [6.07, 6.45) is 2.45. The van der Waals surface area contributed by atoms with Gasteiger partial charge in [0, 0.05) is 19.7 Å². The van der Waals surface area contributed by atoms with Gasteiger partial charge in [-0.1, -0.05) is 0 Å². The van der Waals surface area contributed by atoms with Crippen LogP contribution in [0.2, 0.25) is 0 Å². The number of ether oxygens (including phenoxy) is 3. The normalized spacial score (nSPS) is 19.2. The van der Waals surface area contributed by atoms with E-state index < -0.39 is 5.60 Å². The second kappa shape index (κ2) is 8.00. The summed E-state index contributed by atoms with van der Waals surface area (Å²) in [5, 5.41) is 13.3. The van der Waals surface area contributed by atoms with Crippen LogP contribution < -0.4 is 5.32 Å². The molecule has 5 nitrogen and oxygen atoms in total. The van der Waals surface area contributed by atoms with E-state index >= 15 is 0 Å². The molecule has 5 heteroatoms. The Hall–Kier alpha value is -0.200. The van der Waals surface area contributed by atoms with Gasteiger partial charge in [-0.15, -0.1) is 0 Å². The topological polar surface area (TPSA) is 60.0 Å². The Kier molecular flexibility index (Phi) is 6.99. The summed E-state index contributed by atoms with van der Waals surface area (Å²) in [6, 6.07) is 0.610. The fourth-order valence-electron chi connectivity index (χ4n) is 1.36. The number of rotatable bonds is 11. The first-order valence-corrected chi connectivity index (χ1v) is 6.24. The van der Waals surface area contributed by atoms with Crippen molar-refractivity contribution in [2.24, 2.45) is 0 Å². The van der Waals surface area contributed by atoms with Crippen molar-refractivity contribution in [3.05, 3.63) is 0 Å². The van der Waals surface area contributed by atoms with E-state index in [4.69, 9.17) is 14.2 Å². The van der Waals surface area contributed by atoms with E-state index in [-0.39, 0.29) is 0 Å². The second-order valence-electron chi connectivity index (χ2n) is 4.81. The molecule has 0 aromatic carbocycles. The number of methoxy groups -OCH3 is 1. The monoisotopic (exact) mass is 247 g/mol. The van der Waals surface area contributed by atoms with Crippen LogP contribution in [0.1, 0.15) is 19.8 Å². The molecule has 0 saturated heterocycles. The minimum atomic E-state index is -0.797. The Morgan fingerprint density at radius 1 is 1.18 bits per heavy atom. The van der Waals surface area contributed by atoms with Crippen LogP contribution in [0.3, 0.4) is 0 Å². The molecule has 1 atom stereocenters. The molecule has 0 spiro atoms. The fraction of sp³-hybridized carbons (Fsp3) is 1.00. The first kappa shape index (κ1) is 14.9. The third kappa shape index (κ3) is 8.51. The van der Waals surface area contributed by atoms with Crippen molar-refractivity contribution >= 4 is 0 Å². The largest absolute Gasteiger partial charge is 0.386 e. The van der Waals surface area contributed by atoms with Gasteiger partial charge in [0.2, 0.25) is 0 Å². The Labute approximate surface area is 103 Å². The summed E-state index contributed by atoms with van der Waals surface area (Å²) in [7, 11) is 1.64. The van der Waals surface area contributed by atoms with Crippen molar-refractivity contribution < 1.29 is 19.3 Å². The maximum absolute atomic E-state index is 9.98. The SMILES string of the molecule is COCCOCCOCC(C)(O)CNC1CC1. The summed E-state index contributed by atoms with van der Waals surface area (Å²) in [5.74, 6) is 0. The molecule has 0 amide bonds. The van der Waals surface area contributed by atoms with E-state index in [9.17, 15) is 5.11 Å². The van der Waals surface area contributed by atoms with Gasteiger partial charge in [-0.25, -0.2) is 0 Å². The van der Waals surface area contributed by atoms with Crippen LogP contribution in [0.25, 0.3) is 0 Å². The molecule has 2 N–H and O–H groups in total. The zero-order valence-corrected chi connectivity index (χ0v) is 10.9. The maximum Gasteiger partial charge on any atom is 0.0975 e. The van der Waals surface area contributed by atoms with E-state index in [0.29, 0.717) is 45.6 Å². The van der Waals surface area contributed by atoms with Crippen LogP contribution >= 0.6 is 0 Å². The van der Waals surface area contributed by atoms with Gasteiger partial charge in [-0.3, -0.25) is 0 Å². The number of hydrogen-bond acceptors (Lipinski definition) is 5. The molecule has 17 heavy (non-hydrogen) atoms. The average Bonchev–Trinajstić information content (AvgIpc) is 3.09. The van der Waals surface area contributed by atoms with E-state index in [1.165, 1.54) is 12.8 Å². The van der Waals surface area contributed by atoms with Crippen molar-refractivity contribution in [3.8, 4) is 0 Å². The predicted molar refractivity (Wildman–Crippen MR) is 65.2 cm³/mol. The smallest absolute Gasteiger partial charge is 0.0975 e. The lowest BCUT2D eigenvalue weighted by molar-refractivity contribution is -0.0492. The molecule has 0 bridgehead atoms. The molecule has 1 rings (SSSR count). The minimum absolute atomic E-state index is 0.334. The molecule has 0 aromatic rings. The van der Waals surface area contributed by atoms with Gasteiger partial charge in [-0.2, -0.15) is 0 Å². The highest BCUT2D eigenvalue weighted by atomic mass is 16.5. The highest BCUT2D eigenvalue weighted by Gasteiger charge is 2.26. The number of hydrogen-bond donors (Lipinski definition) is 2. The van der Waals surface area contributed by atoms with Crippen molar-refractivity contribution in [2.45, 2.75) is 31.4 Å². The van der Waals surface area contributed by atoms with Gasteiger partial charge in [0.15, 0.2) is 0 Å². The molecule has 102 valence electrons. The lowest BCUT2D eigenvalue weighted by atomic mass is 10.1. The van der Waals surface area contributed by atoms with Crippen LogP contribution in [0.15, 0.2) is 0 Å². The van der Waals surface area contributed by atoms with Crippen LogP contribution in [-0.4, -0.2) is 63.4 Å². The van der Waals surface area contributed by atoms with Crippen molar-refractivity contribution in [3.63, 3.8) is 0 Å². The van der Waals surface area contributed by atoms with Crippen LogP contribution in [0.4, 0.5) is 0 Å². The Morgan fingerprint density at radius 2 is 1.82 bits per heavy atom. The molecular formula is C12H25NO4. The third-order valence-electron chi connectivity index (χ3n) is 2.57. The molecule has 1 aliphatic rings. The standard InChI is InChI=1S/C12H25NO4/c1-12(14,9-13-11-3-4-11)10-17-8-7-16-6-5-15-2/h11,13-14H,3-10H2,1-2H3. The Morgan fingerprint density at radius 3 is 2.47 bits per heavy atom. The summed E-state index contributed by atoms with van der Waals surface area (Å²) in [5.41, 5.74) is -0.797. The molecule has 0 radical (unpaired) electrons. The molecule has 1 unspecified atom stereocenters. The quantitative estimate of drug-likeness (QED) is 0.510. The predicted octanol–water partition coefficient (Wildman–Crippen LogP) is 0.169. The molecule has 0 aromatic heterocycles. The Bertz CT molecular complexity index is 195. The fourth-order valence-corrected chi connectivity index (χ4v) is 1.36. The van der Waals surface area contributed by atoms with Crippen LogP contribution in [0.5, 0.6) is 0 Å². The average molecular weight is 247 g/mol. The number of nitrogens with one attached hydrogen (secondary N) is 1. The zero-order valence-electron chi connectivity index (χ0n) is 10.9. The van der Waals surface area contributed by atoms with E-state index in [1.54, 1.807) is 14.0 Å². The van der Waals surface area contributed by atoms with Crippen molar-refractivity contribution in [1.29, 1.82) is 0 Å². The van der Waals surface area contributed by atoms with Gasteiger partial charge in [0.25, 0.3) is 0 Å². The van der Waals surface area contributed by atoms with Gasteiger partial charge < -0.3 is 24.6 Å². The maximum atomic E-state index is 9.98. The molecule has 0 heterocycles. The first-order chi connectivity index (χ1) is 8.14. The first-order valence-electron chi connectivity index (χ1n) is 6.24. The highest BCUT2D eigenvalue weighted by Crippen LogP contribution is 2.19. The van der Waals surface area contributed by atoms with Crippen molar-refractivity contribution in [1.82, 2.24) is 5.32 Å². The lowest BCUT2D eigenvalue weighted by Crippen LogP contribution is -2.42. The summed E-state index contributed by atoms with van der Waals surface area (Å²) in [6.45, 7) is 4.93. The van der Waals surface area contributed by atoms with Gasteiger partial charge in [-0.05, 0) is 19.8 Å². The van der Waals surface area contributed by atoms with Crippen LogP contribution in [-0.2, 0) is 14.2 Å². The lowest BCUT2D eigenvalue weighted by Gasteiger charge is -2.23. The van der Waals surface area contributed by atoms with Gasteiger partial charge in [0.05, 0.1) is 38.6 Å². The number of aliphatic hydroxyl groups is 1. The third-order valence-corrected chi connectivity index (χ3v) is 2.57. The summed E-state index contributed by atoms with van der Waals surface area (Å²) in [4.78, 5) is 0. The molecule has 1 aliphatic carbocycles. The van der Waals surface area contributed by atoms with Crippen molar-refractivity contribution in [2.75, 3.05) is 46.7 Å². The van der Waals surface area contributed by atoms with E-state index in [1.807, 2.05) is 0 Å². The zero-order chi connectivity index (χ0) is 12.6. The van der Waals surface area contributed by atoms with Crippen LogP contribution in [0, 0.1) is 0 Å². The second-order valence-corrected chi connectivity index (χ2v) is 4.81. The molecular weight excluding hydrogens is 222 g/mol. The molecule has 1 saturated carbocycles. The van der Waals surface area contributed by atoms with E-state index in [2.05, 4.69) is 5.32 Å². The van der Waals surface area contributed by atoms with Gasteiger partial charge in [0.1, 0.15) is 0 Å². The molecule has 0 aliphatic heterocycles. The highest BCUT2D eigenvalue weighted by molar-refractivity contribution is 4.85. The van der Waals surface area contributed by atoms with Gasteiger partial charge >= 0.3 is 0 Å². The Balaban J connectivity index is 1.88.